The molecule has 0 unspecified atom stereocenters. The Morgan fingerprint density at radius 2 is 2.24 bits per heavy atom. The summed E-state index contributed by atoms with van der Waals surface area (Å²) in [6, 6.07) is 0. The van der Waals surface area contributed by atoms with Crippen molar-refractivity contribution in [2.75, 3.05) is 17.7 Å². The fourth-order valence-corrected chi connectivity index (χ4v) is 1.91. The molecule has 0 radical (unpaired) electrons. The highest BCUT2D eigenvalue weighted by Crippen LogP contribution is 2.46. The second-order valence-electron chi connectivity index (χ2n) is 4.90. The first-order valence-electron chi connectivity index (χ1n) is 5.92. The second-order valence-corrected chi connectivity index (χ2v) is 5.16. The van der Waals surface area contributed by atoms with Crippen LogP contribution in [-0.2, 0) is 0 Å². The highest BCUT2D eigenvalue weighted by molar-refractivity contribution is 6.18. The van der Waals surface area contributed by atoms with Crippen molar-refractivity contribution >= 4 is 17.4 Å². The molecule has 1 aromatic heterocycles. The van der Waals surface area contributed by atoms with E-state index in [-0.39, 0.29) is 11.5 Å². The molecule has 1 heterocycles. The Hall–Kier alpha value is -1.03. The maximum atomic E-state index is 5.92. The summed E-state index contributed by atoms with van der Waals surface area (Å²) in [5, 5.41) is 3.27. The van der Waals surface area contributed by atoms with Gasteiger partial charge in [-0.15, -0.1) is 11.6 Å². The number of nitrogens with one attached hydrogen (secondary N) is 1. The molecule has 0 amide bonds. The summed E-state index contributed by atoms with van der Waals surface area (Å²) in [7, 11) is 0. The van der Waals surface area contributed by atoms with E-state index in [2.05, 4.69) is 15.3 Å². The van der Waals surface area contributed by atoms with Crippen molar-refractivity contribution in [2.45, 2.75) is 32.8 Å². The van der Waals surface area contributed by atoms with E-state index in [4.69, 9.17) is 16.3 Å². The molecule has 1 aliphatic rings. The van der Waals surface area contributed by atoms with Gasteiger partial charge >= 0.3 is 0 Å². The lowest BCUT2D eigenvalue weighted by molar-refractivity contribution is 0.232. The molecule has 17 heavy (non-hydrogen) atoms. The van der Waals surface area contributed by atoms with E-state index in [1.54, 1.807) is 12.4 Å². The molecular weight excluding hydrogens is 238 g/mol. The van der Waals surface area contributed by atoms with Crippen molar-refractivity contribution < 1.29 is 4.74 Å². The fraction of sp³-hybridized carbons (Fsp3) is 0.667. The molecule has 0 saturated heterocycles. The number of nitrogens with zero attached hydrogens (tertiary/aromatic N) is 2. The summed E-state index contributed by atoms with van der Waals surface area (Å²) in [4.78, 5) is 8.44. The molecule has 1 saturated carbocycles. The zero-order valence-electron chi connectivity index (χ0n) is 10.2. The number of aromatic nitrogens is 2. The Kier molecular flexibility index (Phi) is 3.72. The lowest BCUT2D eigenvalue weighted by atomic mass is 10.1. The van der Waals surface area contributed by atoms with Gasteiger partial charge in [0, 0.05) is 17.8 Å². The van der Waals surface area contributed by atoms with Crippen LogP contribution >= 0.6 is 11.6 Å². The summed E-state index contributed by atoms with van der Waals surface area (Å²) in [6.07, 6.45) is 5.83. The first-order chi connectivity index (χ1) is 8.13. The number of alkyl halides is 1. The molecule has 0 aliphatic heterocycles. The van der Waals surface area contributed by atoms with Crippen LogP contribution < -0.4 is 10.1 Å². The number of anilines is 1. The van der Waals surface area contributed by atoms with Gasteiger partial charge in [0.15, 0.2) is 0 Å². The predicted molar refractivity (Wildman–Crippen MR) is 68.7 cm³/mol. The third-order valence-electron chi connectivity index (χ3n) is 2.85. The maximum absolute atomic E-state index is 5.92. The van der Waals surface area contributed by atoms with E-state index in [0.717, 1.165) is 12.4 Å². The monoisotopic (exact) mass is 255 g/mol. The first-order valence-corrected chi connectivity index (χ1v) is 6.46. The summed E-state index contributed by atoms with van der Waals surface area (Å²) in [5.41, 5.74) is 0.276. The van der Waals surface area contributed by atoms with Crippen LogP contribution in [0.1, 0.15) is 26.7 Å². The molecule has 1 fully saturated rings. The zero-order valence-corrected chi connectivity index (χ0v) is 11.0. The molecule has 1 N–H and O–H groups in total. The van der Waals surface area contributed by atoms with Gasteiger partial charge in [0.25, 0.3) is 0 Å². The van der Waals surface area contributed by atoms with E-state index in [1.165, 1.54) is 12.8 Å². The van der Waals surface area contributed by atoms with E-state index < -0.39 is 0 Å². The van der Waals surface area contributed by atoms with Gasteiger partial charge in [0.1, 0.15) is 5.82 Å². The molecular formula is C12H18ClN3O. The highest BCUT2D eigenvalue weighted by Gasteiger charge is 2.41. The Morgan fingerprint density at radius 1 is 1.47 bits per heavy atom. The van der Waals surface area contributed by atoms with Gasteiger partial charge in [-0.1, -0.05) is 0 Å². The third-order valence-corrected chi connectivity index (χ3v) is 3.42. The highest BCUT2D eigenvalue weighted by atomic mass is 35.5. The molecule has 0 spiro atoms. The lowest BCUT2D eigenvalue weighted by Gasteiger charge is -2.14. The van der Waals surface area contributed by atoms with Crippen LogP contribution in [0.25, 0.3) is 0 Å². The topological polar surface area (TPSA) is 47.0 Å². The Balaban J connectivity index is 1.92. The molecule has 94 valence electrons. The molecule has 0 atom stereocenters. The molecule has 4 nitrogen and oxygen atoms in total. The number of hydrogen-bond acceptors (Lipinski definition) is 4. The quantitative estimate of drug-likeness (QED) is 0.794. The standard InChI is InChI=1S/C12H18ClN3O/c1-9(2)17-11-6-14-5-10(16-11)15-8-12(7-13)3-4-12/h5-6,9H,3-4,7-8H2,1-2H3,(H,15,16). The Labute approximate surface area is 107 Å². The lowest BCUT2D eigenvalue weighted by Crippen LogP contribution is -2.18. The van der Waals surface area contributed by atoms with E-state index in [9.17, 15) is 0 Å². The molecule has 1 aromatic rings. The Morgan fingerprint density at radius 3 is 2.82 bits per heavy atom. The summed E-state index contributed by atoms with van der Waals surface area (Å²) in [6.45, 7) is 4.79. The summed E-state index contributed by atoms with van der Waals surface area (Å²) >= 11 is 5.92. The van der Waals surface area contributed by atoms with Crippen LogP contribution in [-0.4, -0.2) is 28.5 Å². The van der Waals surface area contributed by atoms with Crippen LogP contribution in [0.2, 0.25) is 0 Å². The fourth-order valence-electron chi connectivity index (χ4n) is 1.54. The van der Waals surface area contributed by atoms with Gasteiger partial charge in [0.2, 0.25) is 5.88 Å². The number of ether oxygens (including phenoxy) is 1. The van der Waals surface area contributed by atoms with Crippen molar-refractivity contribution in [2.24, 2.45) is 5.41 Å². The SMILES string of the molecule is CC(C)Oc1cncc(NCC2(CCl)CC2)n1. The minimum Gasteiger partial charge on any atom is -0.474 e. The normalized spacial score (nSPS) is 16.9. The van der Waals surface area contributed by atoms with Crippen LogP contribution in [0.4, 0.5) is 5.82 Å². The van der Waals surface area contributed by atoms with Crippen LogP contribution in [0, 0.1) is 5.41 Å². The molecule has 0 aromatic carbocycles. The van der Waals surface area contributed by atoms with Gasteiger partial charge in [-0.05, 0) is 26.7 Å². The minimum absolute atomic E-state index is 0.108. The molecule has 2 rings (SSSR count). The van der Waals surface area contributed by atoms with E-state index in [1.807, 2.05) is 13.8 Å². The van der Waals surface area contributed by atoms with Crippen molar-refractivity contribution in [3.63, 3.8) is 0 Å². The van der Waals surface area contributed by atoms with Crippen molar-refractivity contribution in [1.29, 1.82) is 0 Å². The number of halogens is 1. The largest absolute Gasteiger partial charge is 0.474 e. The average Bonchev–Trinajstić information content (AvgIpc) is 3.07. The van der Waals surface area contributed by atoms with Gasteiger partial charge in [-0.2, -0.15) is 4.98 Å². The van der Waals surface area contributed by atoms with Gasteiger partial charge in [-0.25, -0.2) is 0 Å². The molecule has 0 bridgehead atoms. The summed E-state index contributed by atoms with van der Waals surface area (Å²) in [5.74, 6) is 2.01. The average molecular weight is 256 g/mol. The van der Waals surface area contributed by atoms with Gasteiger partial charge in [0.05, 0.1) is 18.5 Å². The first kappa shape index (κ1) is 12.4. The summed E-state index contributed by atoms with van der Waals surface area (Å²) < 4.78 is 5.49. The predicted octanol–water partition coefficient (Wildman–Crippen LogP) is 2.69. The van der Waals surface area contributed by atoms with Crippen LogP contribution in [0.3, 0.4) is 0 Å². The van der Waals surface area contributed by atoms with Crippen molar-refractivity contribution in [1.82, 2.24) is 9.97 Å². The number of hydrogen-bond donors (Lipinski definition) is 1. The molecule has 5 heteroatoms. The zero-order chi connectivity index (χ0) is 12.3. The van der Waals surface area contributed by atoms with Crippen LogP contribution in [0.15, 0.2) is 12.4 Å². The Bertz CT molecular complexity index is 380. The smallest absolute Gasteiger partial charge is 0.234 e. The van der Waals surface area contributed by atoms with Crippen molar-refractivity contribution in [3.05, 3.63) is 12.4 Å². The molecule has 1 aliphatic carbocycles. The van der Waals surface area contributed by atoms with E-state index in [0.29, 0.717) is 11.8 Å². The maximum Gasteiger partial charge on any atom is 0.234 e. The van der Waals surface area contributed by atoms with Gasteiger partial charge in [-0.3, -0.25) is 4.98 Å². The third kappa shape index (κ3) is 3.46. The van der Waals surface area contributed by atoms with Gasteiger partial charge < -0.3 is 10.1 Å². The van der Waals surface area contributed by atoms with Crippen LogP contribution in [0.5, 0.6) is 5.88 Å². The number of rotatable bonds is 6. The van der Waals surface area contributed by atoms with Crippen molar-refractivity contribution in [3.8, 4) is 5.88 Å². The second kappa shape index (κ2) is 5.08. The van der Waals surface area contributed by atoms with E-state index >= 15 is 0 Å². The minimum atomic E-state index is 0.108.